The monoisotopic (exact) mass is 702 g/mol. The Morgan fingerprint density at radius 1 is 0.640 bits per heavy atom. The van der Waals surface area contributed by atoms with Crippen LogP contribution in [0.25, 0.3) is 0 Å². The first-order valence-electron chi connectivity index (χ1n) is 18.5. The minimum absolute atomic E-state index is 0.261. The molecule has 0 radical (unpaired) electrons. The number of hydrogen-bond donors (Lipinski definition) is 2. The smallest absolute Gasteiger partial charge is 0.343 e. The van der Waals surface area contributed by atoms with Crippen LogP contribution in [-0.4, -0.2) is 67.3 Å². The highest BCUT2D eigenvalue weighted by Crippen LogP contribution is 2.20. The zero-order valence-corrected chi connectivity index (χ0v) is 30.2. The summed E-state index contributed by atoms with van der Waals surface area (Å²) in [7, 11) is 0. The summed E-state index contributed by atoms with van der Waals surface area (Å²) in [6.45, 7) is 3.40. The lowest BCUT2D eigenvalue weighted by atomic mass is 9.93. The number of halogens is 1. The molecule has 1 unspecified atom stereocenters. The molecule has 0 saturated heterocycles. The van der Waals surface area contributed by atoms with Crippen molar-refractivity contribution in [2.24, 2.45) is 5.41 Å². The number of aliphatic hydroxyl groups excluding tert-OH is 2. The first-order valence-corrected chi connectivity index (χ1v) is 18.5. The van der Waals surface area contributed by atoms with Gasteiger partial charge in [-0.1, -0.05) is 90.4 Å². The number of aliphatic hydroxyl groups is 2. The fourth-order valence-electron chi connectivity index (χ4n) is 5.14. The summed E-state index contributed by atoms with van der Waals surface area (Å²) in [6.07, 6.45) is 15.1. The second kappa shape index (κ2) is 25.5. The van der Waals surface area contributed by atoms with Crippen LogP contribution in [0.4, 0.5) is 4.39 Å². The van der Waals surface area contributed by atoms with E-state index in [4.69, 9.17) is 18.9 Å². The molecule has 9 nitrogen and oxygen atoms in total. The van der Waals surface area contributed by atoms with E-state index in [0.717, 1.165) is 77.0 Å². The molecule has 0 heterocycles. The third-order valence-electron chi connectivity index (χ3n) is 8.64. The molecule has 2 aromatic rings. The van der Waals surface area contributed by atoms with Crippen LogP contribution in [0, 0.1) is 5.41 Å². The van der Waals surface area contributed by atoms with Crippen LogP contribution in [0.15, 0.2) is 48.5 Å². The number of carbonyl (C=O) groups excluding carboxylic acids is 3. The SMILES string of the molecule is CCCCCCCC(F)COC(=O)c1ccc(OC(=O)c2ccc(OCCCCCCCCCCCCOC(=O)C(C)(CO)CO)cc2)cc1. The molecule has 10 heteroatoms. The van der Waals surface area contributed by atoms with Gasteiger partial charge in [-0.05, 0) is 74.7 Å². The van der Waals surface area contributed by atoms with Crippen molar-refractivity contribution in [1.29, 1.82) is 0 Å². The van der Waals surface area contributed by atoms with Gasteiger partial charge in [0.2, 0.25) is 0 Å². The molecule has 2 aromatic carbocycles. The Kier molecular flexibility index (Phi) is 21.7. The van der Waals surface area contributed by atoms with E-state index >= 15 is 0 Å². The summed E-state index contributed by atoms with van der Waals surface area (Å²) in [5, 5.41) is 18.5. The predicted molar refractivity (Wildman–Crippen MR) is 191 cm³/mol. The molecule has 0 aromatic heterocycles. The molecule has 0 saturated carbocycles. The fourth-order valence-corrected chi connectivity index (χ4v) is 5.14. The highest BCUT2D eigenvalue weighted by molar-refractivity contribution is 5.92. The van der Waals surface area contributed by atoms with Gasteiger partial charge in [-0.25, -0.2) is 14.0 Å². The lowest BCUT2D eigenvalue weighted by Gasteiger charge is -2.22. The third-order valence-corrected chi connectivity index (χ3v) is 8.64. The third kappa shape index (κ3) is 17.4. The molecule has 0 aliphatic carbocycles. The molecule has 0 bridgehead atoms. The second-order valence-electron chi connectivity index (χ2n) is 13.2. The van der Waals surface area contributed by atoms with Crippen LogP contribution >= 0.6 is 0 Å². The number of ether oxygens (including phenoxy) is 4. The number of unbranched alkanes of at least 4 members (excludes halogenated alkanes) is 13. The average molecular weight is 703 g/mol. The average Bonchev–Trinajstić information content (AvgIpc) is 3.13. The van der Waals surface area contributed by atoms with Gasteiger partial charge in [0.25, 0.3) is 0 Å². The molecule has 1 atom stereocenters. The van der Waals surface area contributed by atoms with E-state index in [1.54, 1.807) is 24.3 Å². The number of esters is 3. The van der Waals surface area contributed by atoms with Crippen molar-refractivity contribution in [2.45, 2.75) is 123 Å². The van der Waals surface area contributed by atoms with Gasteiger partial charge in [0.15, 0.2) is 0 Å². The summed E-state index contributed by atoms with van der Waals surface area (Å²) in [5.74, 6) is -0.732. The van der Waals surface area contributed by atoms with E-state index in [9.17, 15) is 29.0 Å². The summed E-state index contributed by atoms with van der Waals surface area (Å²) < 4.78 is 35.6. The quantitative estimate of drug-likeness (QED) is 0.0509. The molecule has 2 N–H and O–H groups in total. The van der Waals surface area contributed by atoms with Crippen molar-refractivity contribution in [1.82, 2.24) is 0 Å². The minimum atomic E-state index is -1.23. The molecule has 50 heavy (non-hydrogen) atoms. The Labute approximate surface area is 297 Å². The maximum atomic E-state index is 14.0. The Hall–Kier alpha value is -3.50. The Bertz CT molecular complexity index is 1210. The van der Waals surface area contributed by atoms with Crippen molar-refractivity contribution < 1.29 is 47.9 Å². The number of rotatable bonds is 28. The number of hydrogen-bond acceptors (Lipinski definition) is 9. The lowest BCUT2D eigenvalue weighted by Crippen LogP contribution is -2.37. The summed E-state index contributed by atoms with van der Waals surface area (Å²) >= 11 is 0. The van der Waals surface area contributed by atoms with E-state index in [1.807, 2.05) is 0 Å². The maximum absolute atomic E-state index is 14.0. The summed E-state index contributed by atoms with van der Waals surface area (Å²) in [4.78, 5) is 36.8. The van der Waals surface area contributed by atoms with Crippen molar-refractivity contribution in [2.75, 3.05) is 33.0 Å². The van der Waals surface area contributed by atoms with Crippen molar-refractivity contribution in [3.05, 3.63) is 59.7 Å². The van der Waals surface area contributed by atoms with Crippen molar-refractivity contribution in [3.8, 4) is 11.5 Å². The van der Waals surface area contributed by atoms with Crippen LogP contribution in [0.5, 0.6) is 11.5 Å². The molecule has 0 fully saturated rings. The van der Waals surface area contributed by atoms with Gasteiger partial charge in [0.1, 0.15) is 29.7 Å². The molecule has 280 valence electrons. The standard InChI is InChI=1S/C40H59FO9/c1-3-4-5-12-15-18-34(41)29-49-37(44)32-21-25-36(26-22-32)50-38(45)33-19-23-35(24-20-33)47-27-16-13-10-8-6-7-9-11-14-17-28-48-39(46)40(2,30-42)31-43/h19-26,34,42-43H,3-18,27-31H2,1-2H3. The van der Waals surface area contributed by atoms with Gasteiger partial charge in [0, 0.05) is 0 Å². The Balaban J connectivity index is 1.51. The lowest BCUT2D eigenvalue weighted by molar-refractivity contribution is -0.160. The number of carbonyl (C=O) groups is 3. The van der Waals surface area contributed by atoms with Crippen molar-refractivity contribution in [3.63, 3.8) is 0 Å². The number of benzene rings is 2. The summed E-state index contributed by atoms with van der Waals surface area (Å²) in [5.41, 5.74) is -0.597. The van der Waals surface area contributed by atoms with Crippen LogP contribution in [0.2, 0.25) is 0 Å². The van der Waals surface area contributed by atoms with E-state index < -0.39 is 42.7 Å². The predicted octanol–water partition coefficient (Wildman–Crippen LogP) is 8.58. The Morgan fingerprint density at radius 3 is 1.68 bits per heavy atom. The zero-order chi connectivity index (χ0) is 36.5. The van der Waals surface area contributed by atoms with Gasteiger partial charge < -0.3 is 29.2 Å². The van der Waals surface area contributed by atoms with Crippen LogP contribution < -0.4 is 9.47 Å². The molecule has 0 aliphatic heterocycles. The summed E-state index contributed by atoms with van der Waals surface area (Å²) in [6, 6.07) is 12.8. The molecular formula is C40H59FO9. The van der Waals surface area contributed by atoms with Gasteiger partial charge in [-0.15, -0.1) is 0 Å². The minimum Gasteiger partial charge on any atom is -0.494 e. The number of alkyl halides is 1. The first-order chi connectivity index (χ1) is 24.2. The highest BCUT2D eigenvalue weighted by Gasteiger charge is 2.33. The molecule has 2 rings (SSSR count). The fraction of sp³-hybridized carbons (Fsp3) is 0.625. The van der Waals surface area contributed by atoms with Gasteiger partial charge in [0.05, 0.1) is 37.6 Å². The zero-order valence-electron chi connectivity index (χ0n) is 30.2. The normalized spacial score (nSPS) is 11.9. The van der Waals surface area contributed by atoms with E-state index in [2.05, 4.69) is 6.92 Å². The van der Waals surface area contributed by atoms with E-state index in [-0.39, 0.29) is 17.9 Å². The van der Waals surface area contributed by atoms with Crippen LogP contribution in [-0.2, 0) is 14.3 Å². The molecular weight excluding hydrogens is 643 g/mol. The van der Waals surface area contributed by atoms with E-state index in [0.29, 0.717) is 30.9 Å². The topological polar surface area (TPSA) is 129 Å². The molecule has 0 spiro atoms. The van der Waals surface area contributed by atoms with Gasteiger partial charge in [-0.2, -0.15) is 0 Å². The second-order valence-corrected chi connectivity index (χ2v) is 13.2. The maximum Gasteiger partial charge on any atom is 0.343 e. The largest absolute Gasteiger partial charge is 0.494 e. The first kappa shape index (κ1) is 42.7. The van der Waals surface area contributed by atoms with Gasteiger partial charge >= 0.3 is 17.9 Å². The molecule has 0 amide bonds. The van der Waals surface area contributed by atoms with Crippen molar-refractivity contribution >= 4 is 17.9 Å². The van der Waals surface area contributed by atoms with Crippen LogP contribution in [0.3, 0.4) is 0 Å². The van der Waals surface area contributed by atoms with Gasteiger partial charge in [-0.3, -0.25) is 4.79 Å². The van der Waals surface area contributed by atoms with E-state index in [1.165, 1.54) is 50.5 Å². The Morgan fingerprint density at radius 2 is 1.12 bits per heavy atom. The highest BCUT2D eigenvalue weighted by atomic mass is 19.1. The molecule has 0 aliphatic rings. The van der Waals surface area contributed by atoms with Crippen LogP contribution in [0.1, 0.15) is 137 Å².